The van der Waals surface area contributed by atoms with E-state index in [9.17, 15) is 18.0 Å². The summed E-state index contributed by atoms with van der Waals surface area (Å²) in [6.45, 7) is 8.87. The SMILES string of the molecule is Cc1ccc(S(=O)(=O)N(CC(=O)N(CCc2ccccc2)[C@@H](C)C(=O)NC(C)(C)C)c2ccc(Cl)cc2)cc1. The number of halogens is 1. The summed E-state index contributed by atoms with van der Waals surface area (Å²) in [6, 6.07) is 21.5. The van der Waals surface area contributed by atoms with Crippen LogP contribution >= 0.6 is 11.6 Å². The smallest absolute Gasteiger partial charge is 0.264 e. The highest BCUT2D eigenvalue weighted by Gasteiger charge is 2.33. The Labute approximate surface area is 236 Å². The monoisotopic (exact) mass is 569 g/mol. The molecule has 0 aliphatic rings. The lowest BCUT2D eigenvalue weighted by molar-refractivity contribution is -0.139. The lowest BCUT2D eigenvalue weighted by atomic mass is 10.1. The van der Waals surface area contributed by atoms with Crippen LogP contribution in [0.4, 0.5) is 5.69 Å². The van der Waals surface area contributed by atoms with E-state index in [2.05, 4.69) is 5.32 Å². The highest BCUT2D eigenvalue weighted by Crippen LogP contribution is 2.26. The van der Waals surface area contributed by atoms with E-state index in [0.717, 1.165) is 15.4 Å². The number of benzene rings is 3. The molecule has 1 atom stereocenters. The maximum Gasteiger partial charge on any atom is 0.264 e. The zero-order chi connectivity index (χ0) is 28.8. The van der Waals surface area contributed by atoms with Crippen molar-refractivity contribution in [2.45, 2.75) is 57.5 Å². The van der Waals surface area contributed by atoms with Crippen LogP contribution in [-0.4, -0.2) is 49.8 Å². The van der Waals surface area contributed by atoms with Crippen molar-refractivity contribution in [3.8, 4) is 0 Å². The van der Waals surface area contributed by atoms with Crippen LogP contribution in [0.25, 0.3) is 0 Å². The van der Waals surface area contributed by atoms with Gasteiger partial charge in [-0.3, -0.25) is 13.9 Å². The largest absolute Gasteiger partial charge is 0.350 e. The summed E-state index contributed by atoms with van der Waals surface area (Å²) in [4.78, 5) is 28.5. The Kier molecular flexibility index (Phi) is 9.80. The molecule has 1 N–H and O–H groups in total. The van der Waals surface area contributed by atoms with E-state index in [0.29, 0.717) is 17.1 Å². The third-order valence-corrected chi connectivity index (χ3v) is 8.19. The molecule has 0 heterocycles. The minimum absolute atomic E-state index is 0.0604. The first-order chi connectivity index (χ1) is 18.3. The van der Waals surface area contributed by atoms with Gasteiger partial charge in [-0.05, 0) is 83.0 Å². The van der Waals surface area contributed by atoms with Gasteiger partial charge in [-0.15, -0.1) is 0 Å². The van der Waals surface area contributed by atoms with Crippen LogP contribution in [0.3, 0.4) is 0 Å². The zero-order valence-electron chi connectivity index (χ0n) is 23.0. The van der Waals surface area contributed by atoms with Crippen LogP contribution in [0.1, 0.15) is 38.8 Å². The number of amides is 2. The van der Waals surface area contributed by atoms with E-state index >= 15 is 0 Å². The second-order valence-corrected chi connectivity index (χ2v) is 12.8. The number of nitrogens with one attached hydrogen (secondary N) is 1. The molecular weight excluding hydrogens is 534 g/mol. The molecule has 208 valence electrons. The molecule has 0 spiro atoms. The van der Waals surface area contributed by atoms with Crippen molar-refractivity contribution < 1.29 is 18.0 Å². The highest BCUT2D eigenvalue weighted by atomic mass is 35.5. The number of aryl methyl sites for hydroxylation is 1. The lowest BCUT2D eigenvalue weighted by Gasteiger charge is -2.33. The predicted octanol–water partition coefficient (Wildman–Crippen LogP) is 5.22. The van der Waals surface area contributed by atoms with Crippen molar-refractivity contribution in [1.82, 2.24) is 10.2 Å². The van der Waals surface area contributed by atoms with E-state index in [1.807, 2.05) is 58.0 Å². The van der Waals surface area contributed by atoms with Gasteiger partial charge >= 0.3 is 0 Å². The third-order valence-electron chi connectivity index (χ3n) is 6.15. The van der Waals surface area contributed by atoms with Gasteiger partial charge in [-0.1, -0.05) is 59.6 Å². The fourth-order valence-electron chi connectivity index (χ4n) is 4.02. The summed E-state index contributed by atoms with van der Waals surface area (Å²) < 4.78 is 28.7. The maximum absolute atomic E-state index is 13.9. The summed E-state index contributed by atoms with van der Waals surface area (Å²) >= 11 is 6.06. The number of hydrogen-bond acceptors (Lipinski definition) is 4. The van der Waals surface area contributed by atoms with Gasteiger partial charge in [0.25, 0.3) is 10.0 Å². The van der Waals surface area contributed by atoms with Crippen LogP contribution in [0.2, 0.25) is 5.02 Å². The third kappa shape index (κ3) is 8.31. The molecule has 9 heteroatoms. The Morgan fingerprint density at radius 3 is 2.08 bits per heavy atom. The summed E-state index contributed by atoms with van der Waals surface area (Å²) in [5.74, 6) is -0.809. The van der Waals surface area contributed by atoms with E-state index < -0.39 is 34.1 Å². The molecule has 39 heavy (non-hydrogen) atoms. The van der Waals surface area contributed by atoms with Gasteiger partial charge in [-0.2, -0.15) is 0 Å². The quantitative estimate of drug-likeness (QED) is 0.363. The Balaban J connectivity index is 1.98. The van der Waals surface area contributed by atoms with Gasteiger partial charge in [0, 0.05) is 17.1 Å². The minimum atomic E-state index is -4.11. The van der Waals surface area contributed by atoms with Crippen molar-refractivity contribution >= 4 is 39.1 Å². The number of hydrogen-bond donors (Lipinski definition) is 1. The molecule has 0 fully saturated rings. The molecule has 0 saturated carbocycles. The molecule has 0 unspecified atom stereocenters. The van der Waals surface area contributed by atoms with E-state index in [1.165, 1.54) is 17.0 Å². The molecule has 7 nitrogen and oxygen atoms in total. The van der Waals surface area contributed by atoms with Crippen LogP contribution < -0.4 is 9.62 Å². The van der Waals surface area contributed by atoms with E-state index in [1.54, 1.807) is 43.3 Å². The van der Waals surface area contributed by atoms with E-state index in [4.69, 9.17) is 11.6 Å². The molecule has 0 aliphatic carbocycles. The van der Waals surface area contributed by atoms with Gasteiger partial charge in [0.05, 0.1) is 10.6 Å². The number of carbonyl (C=O) groups is 2. The van der Waals surface area contributed by atoms with Gasteiger partial charge in [0.15, 0.2) is 0 Å². The minimum Gasteiger partial charge on any atom is -0.350 e. The number of rotatable bonds is 10. The van der Waals surface area contributed by atoms with Crippen molar-refractivity contribution in [3.05, 3.63) is 95.0 Å². The Morgan fingerprint density at radius 2 is 1.51 bits per heavy atom. The van der Waals surface area contributed by atoms with Crippen LogP contribution in [0, 0.1) is 6.92 Å². The highest BCUT2D eigenvalue weighted by molar-refractivity contribution is 7.92. The fourth-order valence-corrected chi connectivity index (χ4v) is 5.56. The average molecular weight is 570 g/mol. The molecule has 3 aromatic rings. The Bertz CT molecular complexity index is 1370. The summed E-state index contributed by atoms with van der Waals surface area (Å²) in [7, 11) is -4.11. The zero-order valence-corrected chi connectivity index (χ0v) is 24.6. The van der Waals surface area contributed by atoms with Crippen LogP contribution in [-0.2, 0) is 26.0 Å². The van der Waals surface area contributed by atoms with Crippen molar-refractivity contribution in [2.24, 2.45) is 0 Å². The normalized spacial score (nSPS) is 12.5. The number of nitrogens with zero attached hydrogens (tertiary/aromatic N) is 2. The maximum atomic E-state index is 13.9. The van der Waals surface area contributed by atoms with Gasteiger partial charge < -0.3 is 10.2 Å². The van der Waals surface area contributed by atoms with Gasteiger partial charge in [-0.25, -0.2) is 8.42 Å². The molecule has 3 rings (SSSR count). The molecule has 0 aromatic heterocycles. The molecule has 0 bridgehead atoms. The Hall–Kier alpha value is -3.36. The van der Waals surface area contributed by atoms with Gasteiger partial charge in [0.2, 0.25) is 11.8 Å². The number of carbonyl (C=O) groups excluding carboxylic acids is 2. The van der Waals surface area contributed by atoms with Crippen molar-refractivity contribution in [2.75, 3.05) is 17.4 Å². The van der Waals surface area contributed by atoms with Crippen molar-refractivity contribution in [3.63, 3.8) is 0 Å². The van der Waals surface area contributed by atoms with Crippen molar-refractivity contribution in [1.29, 1.82) is 0 Å². The summed E-state index contributed by atoms with van der Waals surface area (Å²) in [6.07, 6.45) is 0.505. The molecule has 0 radical (unpaired) electrons. The van der Waals surface area contributed by atoms with Crippen LogP contribution in [0.15, 0.2) is 83.8 Å². The second-order valence-electron chi connectivity index (χ2n) is 10.5. The Morgan fingerprint density at radius 1 is 0.923 bits per heavy atom. The molecule has 0 saturated heterocycles. The molecule has 3 aromatic carbocycles. The molecular formula is C30H36ClN3O4S. The first-order valence-corrected chi connectivity index (χ1v) is 14.6. The number of sulfonamides is 1. The topological polar surface area (TPSA) is 86.8 Å². The second kappa shape index (κ2) is 12.7. The summed E-state index contributed by atoms with van der Waals surface area (Å²) in [5, 5.41) is 3.37. The van der Waals surface area contributed by atoms with Gasteiger partial charge in [0.1, 0.15) is 12.6 Å². The first kappa shape index (κ1) is 30.2. The number of anilines is 1. The van der Waals surface area contributed by atoms with E-state index in [-0.39, 0.29) is 17.3 Å². The molecule has 0 aliphatic heterocycles. The van der Waals surface area contributed by atoms with Crippen LogP contribution in [0.5, 0.6) is 0 Å². The first-order valence-electron chi connectivity index (χ1n) is 12.8. The summed E-state index contributed by atoms with van der Waals surface area (Å²) in [5.41, 5.74) is 1.71. The predicted molar refractivity (Wildman–Crippen MR) is 156 cm³/mol. The average Bonchev–Trinajstić information content (AvgIpc) is 2.87. The fraction of sp³-hybridized carbons (Fsp3) is 0.333. The lowest BCUT2D eigenvalue weighted by Crippen LogP contribution is -2.55. The standard InChI is InChI=1S/C30H36ClN3O4S/c1-22-11-17-27(18-12-22)39(37,38)34(26-15-13-25(31)14-16-26)21-28(35)33(20-19-24-9-7-6-8-10-24)23(2)29(36)32-30(3,4)5/h6-18,23H,19-21H2,1-5H3,(H,32,36)/t23-/m0/s1. The molecule has 2 amide bonds.